The van der Waals surface area contributed by atoms with Gasteiger partial charge in [-0.05, 0) is 26.3 Å². The van der Waals surface area contributed by atoms with Gasteiger partial charge in [-0.25, -0.2) is 4.98 Å². The minimum atomic E-state index is -0.217. The first-order chi connectivity index (χ1) is 9.43. The number of hydrogen-bond acceptors (Lipinski definition) is 3. The van der Waals surface area contributed by atoms with E-state index in [1.54, 1.807) is 6.20 Å². The van der Waals surface area contributed by atoms with E-state index in [0.29, 0.717) is 9.90 Å². The van der Waals surface area contributed by atoms with Crippen LogP contribution >= 0.6 is 22.9 Å². The maximum absolute atomic E-state index is 12.2. The Bertz CT molecular complexity index is 622. The van der Waals surface area contributed by atoms with Crippen LogP contribution < -0.4 is 5.32 Å². The fourth-order valence-corrected chi connectivity index (χ4v) is 2.73. The average molecular weight is 309 g/mol. The van der Waals surface area contributed by atoms with Gasteiger partial charge in [-0.2, -0.15) is 0 Å². The molecule has 5 heteroatoms. The number of amides is 1. The van der Waals surface area contributed by atoms with Crippen LogP contribution in [0.2, 0.25) is 5.02 Å². The molecule has 1 aromatic heterocycles. The van der Waals surface area contributed by atoms with Crippen LogP contribution in [0.25, 0.3) is 10.6 Å². The summed E-state index contributed by atoms with van der Waals surface area (Å²) in [6.07, 6.45) is 2.47. The molecule has 20 heavy (non-hydrogen) atoms. The molecule has 2 aromatic rings. The lowest BCUT2D eigenvalue weighted by Crippen LogP contribution is -2.42. The van der Waals surface area contributed by atoms with Crippen molar-refractivity contribution < 1.29 is 4.79 Å². The number of rotatable bonds is 4. The van der Waals surface area contributed by atoms with Gasteiger partial charge in [-0.1, -0.05) is 36.7 Å². The molecule has 0 atom stereocenters. The van der Waals surface area contributed by atoms with Crippen molar-refractivity contribution in [3.05, 3.63) is 40.4 Å². The Morgan fingerprint density at radius 2 is 2.10 bits per heavy atom. The normalized spacial score (nSPS) is 11.4. The van der Waals surface area contributed by atoms with Crippen LogP contribution in [0.4, 0.5) is 0 Å². The Kier molecular flexibility index (Phi) is 4.45. The largest absolute Gasteiger partial charge is 0.346 e. The number of carbonyl (C=O) groups excluding carboxylic acids is 1. The second-order valence-electron chi connectivity index (χ2n) is 5.20. The van der Waals surface area contributed by atoms with Crippen molar-refractivity contribution in [2.45, 2.75) is 32.7 Å². The molecule has 0 spiro atoms. The monoisotopic (exact) mass is 308 g/mol. The maximum Gasteiger partial charge on any atom is 0.263 e. The molecule has 0 fully saturated rings. The summed E-state index contributed by atoms with van der Waals surface area (Å²) in [6.45, 7) is 6.05. The number of halogens is 1. The predicted octanol–water partition coefficient (Wildman–Crippen LogP) is 4.38. The number of hydrogen-bond donors (Lipinski definition) is 1. The van der Waals surface area contributed by atoms with Crippen molar-refractivity contribution in [1.29, 1.82) is 0 Å². The zero-order valence-corrected chi connectivity index (χ0v) is 13.3. The van der Waals surface area contributed by atoms with Gasteiger partial charge in [0, 0.05) is 11.1 Å². The fourth-order valence-electron chi connectivity index (χ4n) is 1.60. The van der Waals surface area contributed by atoms with Gasteiger partial charge in [0.2, 0.25) is 0 Å². The Labute approximate surface area is 128 Å². The zero-order valence-electron chi connectivity index (χ0n) is 11.7. The molecule has 2 rings (SSSR count). The lowest BCUT2D eigenvalue weighted by Gasteiger charge is -2.23. The van der Waals surface area contributed by atoms with E-state index in [1.807, 2.05) is 45.0 Å². The van der Waals surface area contributed by atoms with Crippen molar-refractivity contribution in [1.82, 2.24) is 10.3 Å². The van der Waals surface area contributed by atoms with Crippen molar-refractivity contribution in [2.75, 3.05) is 0 Å². The Morgan fingerprint density at radius 3 is 2.75 bits per heavy atom. The standard InChI is InChI=1S/C15H17ClN2OS/c1-4-15(2,3)18-13(19)12-9-17-14(20-12)10-7-5-6-8-11(10)16/h5-9H,4H2,1-3H3,(H,18,19). The summed E-state index contributed by atoms with van der Waals surface area (Å²) >= 11 is 7.49. The summed E-state index contributed by atoms with van der Waals surface area (Å²) in [7, 11) is 0. The molecular formula is C15H17ClN2OS. The van der Waals surface area contributed by atoms with Crippen LogP contribution in [0.3, 0.4) is 0 Å². The van der Waals surface area contributed by atoms with Crippen LogP contribution in [0.5, 0.6) is 0 Å². The van der Waals surface area contributed by atoms with Crippen LogP contribution in [0, 0.1) is 0 Å². The number of nitrogens with one attached hydrogen (secondary N) is 1. The highest BCUT2D eigenvalue weighted by molar-refractivity contribution is 7.17. The first-order valence-electron chi connectivity index (χ1n) is 6.46. The van der Waals surface area contributed by atoms with E-state index in [1.165, 1.54) is 11.3 Å². The molecule has 1 N–H and O–H groups in total. The Morgan fingerprint density at radius 1 is 1.40 bits per heavy atom. The molecule has 106 valence electrons. The van der Waals surface area contributed by atoms with Gasteiger partial charge in [0.25, 0.3) is 5.91 Å². The van der Waals surface area contributed by atoms with E-state index in [4.69, 9.17) is 11.6 Å². The van der Waals surface area contributed by atoms with Crippen LogP contribution in [0.1, 0.15) is 36.9 Å². The van der Waals surface area contributed by atoms with Gasteiger partial charge in [-0.15, -0.1) is 11.3 Å². The SMILES string of the molecule is CCC(C)(C)NC(=O)c1cnc(-c2ccccc2Cl)s1. The predicted molar refractivity (Wildman–Crippen MR) is 84.4 cm³/mol. The van der Waals surface area contributed by atoms with Crippen LogP contribution in [0.15, 0.2) is 30.5 Å². The second kappa shape index (κ2) is 5.94. The number of aromatic nitrogens is 1. The third-order valence-corrected chi connectivity index (χ3v) is 4.53. The number of benzene rings is 1. The molecule has 1 amide bonds. The van der Waals surface area contributed by atoms with E-state index in [9.17, 15) is 4.79 Å². The summed E-state index contributed by atoms with van der Waals surface area (Å²) in [5.41, 5.74) is 0.638. The maximum atomic E-state index is 12.2. The molecule has 0 unspecified atom stereocenters. The lowest BCUT2D eigenvalue weighted by atomic mass is 10.0. The van der Waals surface area contributed by atoms with E-state index in [0.717, 1.165) is 17.0 Å². The molecule has 3 nitrogen and oxygen atoms in total. The summed E-state index contributed by atoms with van der Waals surface area (Å²) in [5.74, 6) is -0.0901. The molecule has 0 aliphatic heterocycles. The second-order valence-corrected chi connectivity index (χ2v) is 6.64. The summed E-state index contributed by atoms with van der Waals surface area (Å²) in [5, 5.41) is 4.40. The molecule has 0 saturated carbocycles. The Hall–Kier alpha value is -1.39. The molecule has 0 aliphatic carbocycles. The van der Waals surface area contributed by atoms with Gasteiger partial charge < -0.3 is 5.32 Å². The zero-order chi connectivity index (χ0) is 14.8. The quantitative estimate of drug-likeness (QED) is 0.910. The minimum Gasteiger partial charge on any atom is -0.346 e. The number of carbonyl (C=O) groups is 1. The Balaban J connectivity index is 2.22. The van der Waals surface area contributed by atoms with Crippen molar-refractivity contribution >= 4 is 28.8 Å². The number of nitrogens with zero attached hydrogens (tertiary/aromatic N) is 1. The van der Waals surface area contributed by atoms with E-state index in [2.05, 4.69) is 10.3 Å². The number of thiazole rings is 1. The van der Waals surface area contributed by atoms with Gasteiger partial charge in [0.1, 0.15) is 9.88 Å². The highest BCUT2D eigenvalue weighted by atomic mass is 35.5. The molecule has 0 aliphatic rings. The molecule has 0 saturated heterocycles. The van der Waals surface area contributed by atoms with Crippen LogP contribution in [-0.2, 0) is 0 Å². The summed E-state index contributed by atoms with van der Waals surface area (Å²) in [4.78, 5) is 17.1. The fraction of sp³-hybridized carbons (Fsp3) is 0.333. The van der Waals surface area contributed by atoms with Crippen molar-refractivity contribution in [2.24, 2.45) is 0 Å². The molecule has 0 bridgehead atoms. The highest BCUT2D eigenvalue weighted by Gasteiger charge is 2.20. The smallest absolute Gasteiger partial charge is 0.263 e. The third-order valence-electron chi connectivity index (χ3n) is 3.17. The van der Waals surface area contributed by atoms with Crippen LogP contribution in [-0.4, -0.2) is 16.4 Å². The average Bonchev–Trinajstić information content (AvgIpc) is 2.88. The first kappa shape index (κ1) is 15.0. The van der Waals surface area contributed by atoms with Gasteiger partial charge in [-0.3, -0.25) is 4.79 Å². The molecule has 1 aromatic carbocycles. The molecule has 0 radical (unpaired) electrons. The van der Waals surface area contributed by atoms with Gasteiger partial charge in [0.05, 0.1) is 11.2 Å². The van der Waals surface area contributed by atoms with Crippen molar-refractivity contribution in [3.8, 4) is 10.6 Å². The summed E-state index contributed by atoms with van der Waals surface area (Å²) < 4.78 is 0. The lowest BCUT2D eigenvalue weighted by molar-refractivity contribution is 0.0915. The third kappa shape index (κ3) is 3.38. The van der Waals surface area contributed by atoms with Gasteiger partial charge >= 0.3 is 0 Å². The molecular weight excluding hydrogens is 292 g/mol. The topological polar surface area (TPSA) is 42.0 Å². The molecule has 1 heterocycles. The minimum absolute atomic E-state index is 0.0901. The van der Waals surface area contributed by atoms with Crippen molar-refractivity contribution in [3.63, 3.8) is 0 Å². The van der Waals surface area contributed by atoms with E-state index < -0.39 is 0 Å². The first-order valence-corrected chi connectivity index (χ1v) is 7.65. The van der Waals surface area contributed by atoms with E-state index in [-0.39, 0.29) is 11.4 Å². The van der Waals surface area contributed by atoms with Gasteiger partial charge in [0.15, 0.2) is 0 Å². The summed E-state index contributed by atoms with van der Waals surface area (Å²) in [6, 6.07) is 7.50. The van der Waals surface area contributed by atoms with E-state index >= 15 is 0 Å². The highest BCUT2D eigenvalue weighted by Crippen LogP contribution is 2.31.